The van der Waals surface area contributed by atoms with Crippen LogP contribution in [0, 0.1) is 17.8 Å². The van der Waals surface area contributed by atoms with Crippen molar-refractivity contribution in [2.24, 2.45) is 23.6 Å². The minimum Gasteiger partial charge on any atom is -0.391 e. The first-order valence-corrected chi connectivity index (χ1v) is 21.9. The number of unbranched alkanes of at least 4 members (excludes halogenated alkanes) is 8. The lowest BCUT2D eigenvalue weighted by molar-refractivity contribution is -0.142. The number of hydrogen-bond donors (Lipinski definition) is 6. The Kier molecular flexibility index (Phi) is 24.3. The number of carbonyl (C=O) groups is 6. The first kappa shape index (κ1) is 52.7. The predicted octanol–water partition coefficient (Wildman–Crippen LogP) is 6.24. The first-order valence-electron chi connectivity index (χ1n) is 21.9. The molecule has 0 aromatic heterocycles. The lowest BCUT2D eigenvalue weighted by Crippen LogP contribution is -2.61. The number of rotatable bonds is 32. The fourth-order valence-corrected chi connectivity index (χ4v) is 7.42. The third kappa shape index (κ3) is 18.7. The Labute approximate surface area is 349 Å². The molecule has 0 radical (unpaired) electrons. The van der Waals surface area contributed by atoms with E-state index in [1.807, 2.05) is 58.0 Å². The zero-order valence-corrected chi connectivity index (χ0v) is 37.5. The van der Waals surface area contributed by atoms with Gasteiger partial charge in [-0.25, -0.2) is 5.43 Å². The maximum atomic E-state index is 13.8. The molecule has 1 aromatic carbocycles. The van der Waals surface area contributed by atoms with Crippen LogP contribution in [0.1, 0.15) is 165 Å². The van der Waals surface area contributed by atoms with Crippen LogP contribution in [0.15, 0.2) is 30.3 Å². The van der Waals surface area contributed by atoms with Gasteiger partial charge in [0, 0.05) is 5.92 Å². The number of Topliss-reactive ketones (excluding diaryl/α,β-unsaturated/α-hetero) is 4. The second-order valence-electron chi connectivity index (χ2n) is 17.9. The lowest BCUT2D eigenvalue weighted by atomic mass is 9.86. The highest BCUT2D eigenvalue weighted by Gasteiger charge is 2.40. The Hall–Kier alpha value is -3.32. The molecule has 330 valence electrons. The molecule has 1 rings (SSSR count). The van der Waals surface area contributed by atoms with E-state index in [1.165, 1.54) is 13.8 Å². The van der Waals surface area contributed by atoms with E-state index in [0.29, 0.717) is 18.8 Å². The molecule has 0 saturated carbocycles. The van der Waals surface area contributed by atoms with Crippen molar-refractivity contribution in [2.75, 3.05) is 0 Å². The summed E-state index contributed by atoms with van der Waals surface area (Å²) in [6.45, 7) is 18.1. The maximum absolute atomic E-state index is 13.8. The molecule has 1 aromatic rings. The van der Waals surface area contributed by atoms with Gasteiger partial charge < -0.3 is 15.7 Å². The van der Waals surface area contributed by atoms with Crippen LogP contribution in [-0.2, 0) is 35.2 Å². The van der Waals surface area contributed by atoms with Gasteiger partial charge in [0.1, 0.15) is 17.9 Å². The Morgan fingerprint density at radius 2 is 1.16 bits per heavy atom. The number of nitrogens with one attached hydrogen (secondary N) is 4. The summed E-state index contributed by atoms with van der Waals surface area (Å²) in [4.78, 5) is 79.2. The van der Waals surface area contributed by atoms with Crippen LogP contribution in [0.25, 0.3) is 0 Å². The van der Waals surface area contributed by atoms with Crippen molar-refractivity contribution in [3.05, 3.63) is 35.9 Å². The molecular weight excluding hydrogens is 735 g/mol. The summed E-state index contributed by atoms with van der Waals surface area (Å²) in [5, 5.41) is 19.4. The lowest BCUT2D eigenvalue weighted by Gasteiger charge is -2.34. The van der Waals surface area contributed by atoms with Gasteiger partial charge in [-0.2, -0.15) is 0 Å². The number of ketones is 4. The van der Waals surface area contributed by atoms with E-state index in [2.05, 4.69) is 35.2 Å². The largest absolute Gasteiger partial charge is 0.391 e. The fraction of sp³-hybridized carbons (Fsp3) is 0.739. The molecule has 0 aliphatic heterocycles. The van der Waals surface area contributed by atoms with Gasteiger partial charge in [-0.1, -0.05) is 123 Å². The molecular formula is C46H79N5O7. The second-order valence-corrected chi connectivity index (χ2v) is 17.9. The van der Waals surface area contributed by atoms with Crippen molar-refractivity contribution in [2.45, 2.75) is 201 Å². The molecule has 7 atom stereocenters. The number of aliphatic hydroxyl groups is 1. The van der Waals surface area contributed by atoms with Gasteiger partial charge in [0.2, 0.25) is 23.4 Å². The maximum Gasteiger partial charge on any atom is 0.239 e. The minimum absolute atomic E-state index is 0.00757. The summed E-state index contributed by atoms with van der Waals surface area (Å²) >= 11 is 0. The van der Waals surface area contributed by atoms with Crippen LogP contribution in [-0.4, -0.2) is 75.4 Å². The van der Waals surface area contributed by atoms with Crippen molar-refractivity contribution in [1.82, 2.24) is 21.4 Å². The third-order valence-corrected chi connectivity index (χ3v) is 11.5. The highest BCUT2D eigenvalue weighted by molar-refractivity contribution is 6.41. The van der Waals surface area contributed by atoms with Gasteiger partial charge in [-0.15, -0.1) is 0 Å². The van der Waals surface area contributed by atoms with E-state index in [4.69, 9.17) is 5.84 Å². The molecule has 12 heteroatoms. The van der Waals surface area contributed by atoms with Crippen LogP contribution < -0.4 is 27.2 Å². The number of hydrogen-bond acceptors (Lipinski definition) is 10. The standard InChI is InChI=1S/C46H79N5O7/c1-11-37(28-31(2)3)43(57)50-46(10,35(8)54)27-23-18-16-14-12-13-15-17-22-26-45(9,34(7)53)49-38(29-32(4)5)41(55)42(56)40(33(6)52)48-44(58)39(51-47)30-36-24-20-19-21-25-36/h19-21,24-25,31-33,37-40,49,51-52H,11-18,22-23,26-30,47H2,1-10H3,(H,48,58)(H,50,57)/t33-,37+,38+,39+,40+,45-,46+/m1/s1. The van der Waals surface area contributed by atoms with Gasteiger partial charge >= 0.3 is 0 Å². The molecule has 2 amide bonds. The molecule has 0 fully saturated rings. The number of amides is 2. The highest BCUT2D eigenvalue weighted by Crippen LogP contribution is 2.23. The van der Waals surface area contributed by atoms with Gasteiger partial charge in [-0.3, -0.25) is 39.9 Å². The van der Waals surface area contributed by atoms with Gasteiger partial charge in [0.05, 0.1) is 23.2 Å². The van der Waals surface area contributed by atoms with E-state index < -0.39 is 52.8 Å². The van der Waals surface area contributed by atoms with Crippen molar-refractivity contribution in [1.29, 1.82) is 0 Å². The van der Waals surface area contributed by atoms with E-state index in [0.717, 1.165) is 76.2 Å². The van der Waals surface area contributed by atoms with Crippen LogP contribution in [0.3, 0.4) is 0 Å². The number of nitrogens with two attached hydrogens (primary N) is 1. The zero-order valence-electron chi connectivity index (χ0n) is 37.5. The van der Waals surface area contributed by atoms with Gasteiger partial charge in [0.25, 0.3) is 0 Å². The Balaban J connectivity index is 2.69. The quantitative estimate of drug-likeness (QED) is 0.0210. The molecule has 58 heavy (non-hydrogen) atoms. The van der Waals surface area contributed by atoms with Crippen LogP contribution in [0.5, 0.6) is 0 Å². The van der Waals surface area contributed by atoms with Crippen LogP contribution >= 0.6 is 0 Å². The molecule has 0 bridgehead atoms. The number of benzene rings is 1. The van der Waals surface area contributed by atoms with Crippen molar-refractivity contribution < 1.29 is 33.9 Å². The Morgan fingerprint density at radius 3 is 1.59 bits per heavy atom. The number of aliphatic hydroxyl groups excluding tert-OH is 1. The van der Waals surface area contributed by atoms with E-state index in [-0.39, 0.29) is 42.2 Å². The van der Waals surface area contributed by atoms with Crippen LogP contribution in [0.4, 0.5) is 0 Å². The molecule has 12 nitrogen and oxygen atoms in total. The second kappa shape index (κ2) is 26.7. The first-order chi connectivity index (χ1) is 27.2. The van der Waals surface area contributed by atoms with E-state index in [9.17, 15) is 33.9 Å². The van der Waals surface area contributed by atoms with Crippen molar-refractivity contribution >= 4 is 34.9 Å². The third-order valence-electron chi connectivity index (χ3n) is 11.5. The van der Waals surface area contributed by atoms with E-state index >= 15 is 0 Å². The Bertz CT molecular complexity index is 1430. The topological polar surface area (TPSA) is 197 Å². The monoisotopic (exact) mass is 814 g/mol. The molecule has 7 N–H and O–H groups in total. The smallest absolute Gasteiger partial charge is 0.239 e. The zero-order chi connectivity index (χ0) is 44.1. The summed E-state index contributed by atoms with van der Waals surface area (Å²) in [6, 6.07) is 5.80. The number of hydrazine groups is 1. The predicted molar refractivity (Wildman–Crippen MR) is 232 cm³/mol. The fourth-order valence-electron chi connectivity index (χ4n) is 7.42. The average molecular weight is 814 g/mol. The average Bonchev–Trinajstić information content (AvgIpc) is 3.15. The summed E-state index contributed by atoms with van der Waals surface area (Å²) in [6.07, 6.45) is 10.7. The van der Waals surface area contributed by atoms with Crippen LogP contribution in [0.2, 0.25) is 0 Å². The normalized spacial score (nSPS) is 16.4. The Morgan fingerprint density at radius 1 is 0.672 bits per heavy atom. The summed E-state index contributed by atoms with van der Waals surface area (Å²) in [7, 11) is 0. The summed E-state index contributed by atoms with van der Waals surface area (Å²) in [5.74, 6) is 3.48. The molecule has 0 unspecified atom stereocenters. The summed E-state index contributed by atoms with van der Waals surface area (Å²) < 4.78 is 0. The number of carbonyl (C=O) groups excluding carboxylic acids is 6. The molecule has 0 aliphatic rings. The molecule has 0 saturated heterocycles. The minimum atomic E-state index is -1.49. The summed E-state index contributed by atoms with van der Waals surface area (Å²) in [5.41, 5.74) is 1.41. The van der Waals surface area contributed by atoms with Gasteiger partial charge in [-0.05, 0) is 90.5 Å². The molecule has 0 heterocycles. The highest BCUT2D eigenvalue weighted by atomic mass is 16.3. The SMILES string of the molecule is CC[C@@H](CC(C)C)C(=O)N[C@@](C)(CCCCCCCCCCC[C@@](C)(N[C@@H](CC(C)C)C(=O)C(=O)[C@@H](NC(=O)[C@H](Cc1ccccc1)NN)[C@@H](C)O)C(C)=O)C(C)=O. The van der Waals surface area contributed by atoms with E-state index in [1.54, 1.807) is 13.8 Å². The van der Waals surface area contributed by atoms with Crippen molar-refractivity contribution in [3.8, 4) is 0 Å². The van der Waals surface area contributed by atoms with Gasteiger partial charge in [0.15, 0.2) is 5.78 Å². The molecule has 0 spiro atoms. The van der Waals surface area contributed by atoms with Crippen molar-refractivity contribution in [3.63, 3.8) is 0 Å². The molecule has 0 aliphatic carbocycles.